The van der Waals surface area contributed by atoms with Crippen LogP contribution >= 0.6 is 0 Å². The van der Waals surface area contributed by atoms with Gasteiger partial charge in [-0.05, 0) is 35.6 Å². The van der Waals surface area contributed by atoms with Crippen molar-refractivity contribution < 1.29 is 23.8 Å². The molecular weight excluding hydrogens is 289 g/mol. The summed E-state index contributed by atoms with van der Waals surface area (Å²) in [5, 5.41) is 12.1. The fraction of sp³-hybridized carbons (Fsp3) is 0.500. The van der Waals surface area contributed by atoms with Gasteiger partial charge in [0.15, 0.2) is 0 Å². The third kappa shape index (κ3) is 5.44. The summed E-state index contributed by atoms with van der Waals surface area (Å²) in [4.78, 5) is 23.0. The number of nitrogens with one attached hydrogen (secondary N) is 1. The molecular formula is C16H22FNO4. The van der Waals surface area contributed by atoms with Gasteiger partial charge in [-0.25, -0.2) is 9.18 Å². The third-order valence-corrected chi connectivity index (χ3v) is 3.14. The van der Waals surface area contributed by atoms with Crippen molar-refractivity contribution in [3.05, 3.63) is 35.1 Å². The molecule has 0 aliphatic carbocycles. The van der Waals surface area contributed by atoms with Crippen molar-refractivity contribution in [1.29, 1.82) is 0 Å². The second kappa shape index (κ2) is 7.35. The average Bonchev–Trinajstić information content (AvgIpc) is 2.41. The number of aromatic carboxylic acids is 1. The van der Waals surface area contributed by atoms with Crippen LogP contribution in [0.5, 0.6) is 0 Å². The summed E-state index contributed by atoms with van der Waals surface area (Å²) in [6, 6.07) is 2.88. The Bertz CT molecular complexity index is 552. The minimum atomic E-state index is -1.14. The first-order valence-corrected chi connectivity index (χ1v) is 6.97. The highest BCUT2D eigenvalue weighted by Crippen LogP contribution is 2.22. The average molecular weight is 311 g/mol. The number of halogens is 1. The monoisotopic (exact) mass is 311 g/mol. The molecule has 5 nitrogen and oxygen atoms in total. The molecule has 0 spiro atoms. The number of hydrogen-bond acceptors (Lipinski definition) is 4. The van der Waals surface area contributed by atoms with Crippen molar-refractivity contribution in [3.8, 4) is 0 Å². The summed E-state index contributed by atoms with van der Waals surface area (Å²) in [5.74, 6) is -2.09. The zero-order valence-electron chi connectivity index (χ0n) is 13.3. The Balaban J connectivity index is 2.91. The molecule has 22 heavy (non-hydrogen) atoms. The van der Waals surface area contributed by atoms with Gasteiger partial charge in [0.1, 0.15) is 11.9 Å². The van der Waals surface area contributed by atoms with E-state index in [1.165, 1.54) is 13.2 Å². The van der Waals surface area contributed by atoms with Crippen LogP contribution in [-0.4, -0.2) is 30.2 Å². The number of carbonyl (C=O) groups is 2. The number of esters is 1. The molecule has 0 radical (unpaired) electrons. The lowest BCUT2D eigenvalue weighted by Gasteiger charge is -2.25. The van der Waals surface area contributed by atoms with E-state index >= 15 is 0 Å². The predicted molar refractivity (Wildman–Crippen MR) is 80.1 cm³/mol. The number of benzene rings is 1. The molecule has 0 saturated heterocycles. The molecule has 1 rings (SSSR count). The topological polar surface area (TPSA) is 75.6 Å². The van der Waals surface area contributed by atoms with E-state index in [0.717, 1.165) is 12.1 Å². The maximum absolute atomic E-state index is 13.3. The second-order valence-corrected chi connectivity index (χ2v) is 6.33. The Morgan fingerprint density at radius 2 is 2.00 bits per heavy atom. The Hall–Kier alpha value is -1.95. The van der Waals surface area contributed by atoms with Crippen LogP contribution in [-0.2, 0) is 16.1 Å². The van der Waals surface area contributed by atoms with Gasteiger partial charge < -0.3 is 15.2 Å². The number of rotatable bonds is 6. The van der Waals surface area contributed by atoms with Crippen LogP contribution in [0.2, 0.25) is 0 Å². The van der Waals surface area contributed by atoms with Crippen molar-refractivity contribution in [2.24, 2.45) is 5.41 Å². The van der Waals surface area contributed by atoms with Crippen molar-refractivity contribution in [2.75, 3.05) is 7.11 Å². The lowest BCUT2D eigenvalue weighted by Crippen LogP contribution is -2.40. The van der Waals surface area contributed by atoms with Crippen LogP contribution in [0.3, 0.4) is 0 Å². The third-order valence-electron chi connectivity index (χ3n) is 3.14. The van der Waals surface area contributed by atoms with Gasteiger partial charge in [0.2, 0.25) is 0 Å². The van der Waals surface area contributed by atoms with Crippen LogP contribution in [0.25, 0.3) is 0 Å². The molecule has 0 aromatic heterocycles. The van der Waals surface area contributed by atoms with Gasteiger partial charge in [-0.15, -0.1) is 0 Å². The number of hydrogen-bond donors (Lipinski definition) is 2. The molecule has 0 amide bonds. The minimum absolute atomic E-state index is 0.00766. The van der Waals surface area contributed by atoms with E-state index in [1.807, 2.05) is 20.8 Å². The zero-order chi connectivity index (χ0) is 16.9. The number of carboxylic acids is 1. The summed E-state index contributed by atoms with van der Waals surface area (Å²) in [6.07, 6.45) is 0.511. The van der Waals surface area contributed by atoms with Gasteiger partial charge in [0.25, 0.3) is 0 Å². The Labute approximate surface area is 129 Å². The molecule has 122 valence electrons. The van der Waals surface area contributed by atoms with Gasteiger partial charge in [-0.3, -0.25) is 4.79 Å². The lowest BCUT2D eigenvalue weighted by molar-refractivity contribution is -0.144. The molecule has 2 N–H and O–H groups in total. The maximum Gasteiger partial charge on any atom is 0.336 e. The molecule has 1 aromatic carbocycles. The van der Waals surface area contributed by atoms with Gasteiger partial charge >= 0.3 is 11.9 Å². The van der Waals surface area contributed by atoms with Gasteiger partial charge in [-0.2, -0.15) is 0 Å². The van der Waals surface area contributed by atoms with E-state index in [2.05, 4.69) is 5.32 Å². The summed E-state index contributed by atoms with van der Waals surface area (Å²) < 4.78 is 18.1. The largest absolute Gasteiger partial charge is 0.478 e. The van der Waals surface area contributed by atoms with Crippen molar-refractivity contribution in [1.82, 2.24) is 5.32 Å². The summed E-state index contributed by atoms with van der Waals surface area (Å²) in [5.41, 5.74) is 0.173. The molecule has 1 atom stereocenters. The summed E-state index contributed by atoms with van der Waals surface area (Å²) in [7, 11) is 1.30. The van der Waals surface area contributed by atoms with Crippen LogP contribution in [0.15, 0.2) is 18.2 Å². The normalized spacial score (nSPS) is 12.8. The van der Waals surface area contributed by atoms with Crippen LogP contribution in [0.1, 0.15) is 43.1 Å². The zero-order valence-corrected chi connectivity index (χ0v) is 13.3. The minimum Gasteiger partial charge on any atom is -0.478 e. The molecule has 0 aliphatic rings. The van der Waals surface area contributed by atoms with Crippen LogP contribution < -0.4 is 5.32 Å². The van der Waals surface area contributed by atoms with E-state index in [9.17, 15) is 14.0 Å². The first-order chi connectivity index (χ1) is 10.1. The molecule has 0 saturated carbocycles. The standard InChI is InChI=1S/C16H22FNO4/c1-16(2,3)8-13(15(21)22-4)18-9-10-7-11(17)5-6-12(10)14(19)20/h5-7,13,18H,8-9H2,1-4H3,(H,19,20)/t13-/m0/s1. The van der Waals surface area contributed by atoms with Gasteiger partial charge in [0, 0.05) is 6.54 Å². The second-order valence-electron chi connectivity index (χ2n) is 6.33. The quantitative estimate of drug-likeness (QED) is 0.790. The molecule has 0 fully saturated rings. The number of carbonyl (C=O) groups excluding carboxylic acids is 1. The van der Waals surface area contributed by atoms with Crippen LogP contribution in [0, 0.1) is 11.2 Å². The first kappa shape index (κ1) is 18.1. The Kier molecular flexibility index (Phi) is 6.05. The highest BCUT2D eigenvalue weighted by molar-refractivity contribution is 5.89. The number of carboxylic acid groups (broad SMARTS) is 1. The smallest absolute Gasteiger partial charge is 0.336 e. The van der Waals surface area contributed by atoms with E-state index < -0.39 is 23.8 Å². The fourth-order valence-electron chi connectivity index (χ4n) is 2.14. The highest BCUT2D eigenvalue weighted by Gasteiger charge is 2.25. The summed E-state index contributed by atoms with van der Waals surface area (Å²) in [6.45, 7) is 6.01. The van der Waals surface area contributed by atoms with Crippen molar-refractivity contribution >= 4 is 11.9 Å². The Morgan fingerprint density at radius 1 is 1.36 bits per heavy atom. The SMILES string of the molecule is COC(=O)[C@H](CC(C)(C)C)NCc1cc(F)ccc1C(=O)O. The number of methoxy groups -OCH3 is 1. The molecule has 0 heterocycles. The van der Waals surface area contributed by atoms with E-state index in [-0.39, 0.29) is 23.1 Å². The molecule has 0 unspecified atom stereocenters. The van der Waals surface area contributed by atoms with Crippen molar-refractivity contribution in [2.45, 2.75) is 39.8 Å². The predicted octanol–water partition coefficient (Wildman–Crippen LogP) is 2.59. The molecule has 6 heteroatoms. The maximum atomic E-state index is 13.3. The van der Waals surface area contributed by atoms with Gasteiger partial charge in [0.05, 0.1) is 12.7 Å². The molecule has 0 aliphatic heterocycles. The van der Waals surface area contributed by atoms with E-state index in [1.54, 1.807) is 0 Å². The highest BCUT2D eigenvalue weighted by atomic mass is 19.1. The molecule has 0 bridgehead atoms. The fourth-order valence-corrected chi connectivity index (χ4v) is 2.14. The van der Waals surface area contributed by atoms with Crippen molar-refractivity contribution in [3.63, 3.8) is 0 Å². The molecule has 1 aromatic rings. The van der Waals surface area contributed by atoms with Crippen LogP contribution in [0.4, 0.5) is 4.39 Å². The van der Waals surface area contributed by atoms with E-state index in [0.29, 0.717) is 6.42 Å². The lowest BCUT2D eigenvalue weighted by atomic mass is 9.88. The summed E-state index contributed by atoms with van der Waals surface area (Å²) >= 11 is 0. The Morgan fingerprint density at radius 3 is 2.50 bits per heavy atom. The van der Waals surface area contributed by atoms with Gasteiger partial charge in [-0.1, -0.05) is 20.8 Å². The first-order valence-electron chi connectivity index (χ1n) is 6.97. The number of ether oxygens (including phenoxy) is 1. The van der Waals surface area contributed by atoms with E-state index in [4.69, 9.17) is 9.84 Å².